The summed E-state index contributed by atoms with van der Waals surface area (Å²) in [6.07, 6.45) is 0. The first kappa shape index (κ1) is 12.4. The number of halogens is 1. The molecular weight excluding hydrogens is 245 g/mol. The van der Waals surface area contributed by atoms with E-state index in [1.807, 2.05) is 0 Å². The van der Waals surface area contributed by atoms with Gasteiger partial charge in [-0.05, 0) is 26.0 Å². The van der Waals surface area contributed by atoms with Gasteiger partial charge in [-0.2, -0.15) is 0 Å². The molecule has 1 saturated heterocycles. The van der Waals surface area contributed by atoms with Gasteiger partial charge in [-0.15, -0.1) is 0 Å². The van der Waals surface area contributed by atoms with Crippen LogP contribution >= 0.6 is 0 Å². The molecule has 1 aliphatic rings. The van der Waals surface area contributed by atoms with E-state index >= 15 is 0 Å². The van der Waals surface area contributed by atoms with Crippen LogP contribution in [0.25, 0.3) is 11.0 Å². The molecule has 0 saturated carbocycles. The molecule has 2 heterocycles. The molecule has 19 heavy (non-hydrogen) atoms. The molecule has 102 valence electrons. The zero-order valence-electron chi connectivity index (χ0n) is 11.3. The van der Waals surface area contributed by atoms with Gasteiger partial charge < -0.3 is 9.42 Å². The lowest BCUT2D eigenvalue weighted by atomic mass is 10.2. The number of aromatic nitrogens is 1. The summed E-state index contributed by atoms with van der Waals surface area (Å²) in [5, 5.41) is 4.98. The Bertz CT molecular complexity index is 573. The lowest BCUT2D eigenvalue weighted by Crippen LogP contribution is -2.49. The highest BCUT2D eigenvalue weighted by molar-refractivity contribution is 5.88. The number of nitrogens with zero attached hydrogens (tertiary/aromatic N) is 3. The second kappa shape index (κ2) is 4.81. The summed E-state index contributed by atoms with van der Waals surface area (Å²) >= 11 is 0. The van der Waals surface area contributed by atoms with Crippen LogP contribution < -0.4 is 4.90 Å². The maximum absolute atomic E-state index is 13.1. The maximum atomic E-state index is 13.1. The first-order chi connectivity index (χ1) is 9.15. The van der Waals surface area contributed by atoms with Crippen molar-refractivity contribution >= 4 is 16.8 Å². The Morgan fingerprint density at radius 3 is 2.63 bits per heavy atom. The van der Waals surface area contributed by atoms with E-state index in [9.17, 15) is 4.39 Å². The Morgan fingerprint density at radius 2 is 1.95 bits per heavy atom. The summed E-state index contributed by atoms with van der Waals surface area (Å²) in [7, 11) is 0. The Balaban J connectivity index is 1.82. The fourth-order valence-corrected chi connectivity index (χ4v) is 2.58. The molecule has 0 radical (unpaired) electrons. The SMILES string of the molecule is CC(C)N1CCN(c2noc3cc(F)ccc23)CC1. The summed E-state index contributed by atoms with van der Waals surface area (Å²) in [4.78, 5) is 4.65. The van der Waals surface area contributed by atoms with Crippen molar-refractivity contribution < 1.29 is 8.91 Å². The molecule has 0 atom stereocenters. The van der Waals surface area contributed by atoms with Crippen LogP contribution in [0, 0.1) is 5.82 Å². The molecular formula is C14H18FN3O. The fraction of sp³-hybridized carbons (Fsp3) is 0.500. The average Bonchev–Trinajstić information content (AvgIpc) is 2.81. The minimum absolute atomic E-state index is 0.292. The van der Waals surface area contributed by atoms with Gasteiger partial charge in [0, 0.05) is 38.3 Å². The number of anilines is 1. The number of hydrogen-bond acceptors (Lipinski definition) is 4. The number of benzene rings is 1. The van der Waals surface area contributed by atoms with E-state index in [1.54, 1.807) is 6.07 Å². The largest absolute Gasteiger partial charge is 0.354 e. The molecule has 0 unspecified atom stereocenters. The van der Waals surface area contributed by atoms with E-state index in [0.717, 1.165) is 37.4 Å². The molecule has 1 fully saturated rings. The molecule has 0 amide bonds. The Kier molecular flexibility index (Phi) is 3.14. The summed E-state index contributed by atoms with van der Waals surface area (Å²) in [6, 6.07) is 5.15. The molecule has 1 aliphatic heterocycles. The van der Waals surface area contributed by atoms with Gasteiger partial charge in [-0.25, -0.2) is 4.39 Å². The third kappa shape index (κ3) is 2.30. The summed E-state index contributed by atoms with van der Waals surface area (Å²) in [6.45, 7) is 8.32. The molecule has 1 aromatic carbocycles. The van der Waals surface area contributed by atoms with Crippen molar-refractivity contribution in [1.29, 1.82) is 0 Å². The topological polar surface area (TPSA) is 32.5 Å². The third-order valence-electron chi connectivity index (χ3n) is 3.76. The van der Waals surface area contributed by atoms with Crippen molar-refractivity contribution in [3.8, 4) is 0 Å². The van der Waals surface area contributed by atoms with Crippen molar-refractivity contribution in [3.63, 3.8) is 0 Å². The van der Waals surface area contributed by atoms with Gasteiger partial charge in [-0.1, -0.05) is 5.16 Å². The van der Waals surface area contributed by atoms with Crippen LogP contribution in [0.3, 0.4) is 0 Å². The predicted octanol–water partition coefficient (Wildman–Crippen LogP) is 2.50. The van der Waals surface area contributed by atoms with Crippen molar-refractivity contribution in [2.24, 2.45) is 0 Å². The van der Waals surface area contributed by atoms with Crippen LogP contribution in [0.4, 0.5) is 10.2 Å². The Morgan fingerprint density at radius 1 is 1.21 bits per heavy atom. The van der Waals surface area contributed by atoms with Gasteiger partial charge in [0.1, 0.15) is 5.82 Å². The van der Waals surface area contributed by atoms with Gasteiger partial charge in [0.15, 0.2) is 11.4 Å². The minimum atomic E-state index is -0.292. The summed E-state index contributed by atoms with van der Waals surface area (Å²) < 4.78 is 18.3. The highest BCUT2D eigenvalue weighted by atomic mass is 19.1. The molecule has 0 bridgehead atoms. The van der Waals surface area contributed by atoms with Gasteiger partial charge in [0.05, 0.1) is 5.39 Å². The van der Waals surface area contributed by atoms with Crippen LogP contribution in [0.1, 0.15) is 13.8 Å². The predicted molar refractivity (Wildman–Crippen MR) is 72.9 cm³/mol. The van der Waals surface area contributed by atoms with Crippen molar-refractivity contribution in [1.82, 2.24) is 10.1 Å². The van der Waals surface area contributed by atoms with Crippen LogP contribution in [-0.2, 0) is 0 Å². The lowest BCUT2D eigenvalue weighted by molar-refractivity contribution is 0.208. The number of fused-ring (bicyclic) bond motifs is 1. The fourth-order valence-electron chi connectivity index (χ4n) is 2.58. The number of hydrogen-bond donors (Lipinski definition) is 0. The van der Waals surface area contributed by atoms with E-state index < -0.39 is 0 Å². The first-order valence-corrected chi connectivity index (χ1v) is 6.69. The first-order valence-electron chi connectivity index (χ1n) is 6.69. The smallest absolute Gasteiger partial charge is 0.180 e. The minimum Gasteiger partial charge on any atom is -0.354 e. The van der Waals surface area contributed by atoms with Gasteiger partial charge in [0.2, 0.25) is 0 Å². The van der Waals surface area contributed by atoms with Gasteiger partial charge in [0.25, 0.3) is 0 Å². The number of piperazine rings is 1. The lowest BCUT2D eigenvalue weighted by Gasteiger charge is -2.36. The molecule has 0 N–H and O–H groups in total. The molecule has 1 aromatic heterocycles. The van der Waals surface area contributed by atoms with E-state index in [4.69, 9.17) is 4.52 Å². The van der Waals surface area contributed by atoms with Crippen LogP contribution in [0.5, 0.6) is 0 Å². The van der Waals surface area contributed by atoms with Crippen molar-refractivity contribution in [2.45, 2.75) is 19.9 Å². The van der Waals surface area contributed by atoms with Crippen LogP contribution in [0.15, 0.2) is 22.7 Å². The van der Waals surface area contributed by atoms with Gasteiger partial charge >= 0.3 is 0 Å². The Labute approximate surface area is 111 Å². The van der Waals surface area contributed by atoms with Crippen molar-refractivity contribution in [2.75, 3.05) is 31.1 Å². The molecule has 2 aromatic rings. The molecule has 0 spiro atoms. The number of rotatable bonds is 2. The molecule has 0 aliphatic carbocycles. The van der Waals surface area contributed by atoms with Crippen LogP contribution in [0.2, 0.25) is 0 Å². The highest BCUT2D eigenvalue weighted by Gasteiger charge is 2.22. The molecule has 3 rings (SSSR count). The average molecular weight is 263 g/mol. The normalized spacial score (nSPS) is 17.6. The second-order valence-electron chi connectivity index (χ2n) is 5.26. The van der Waals surface area contributed by atoms with Gasteiger partial charge in [-0.3, -0.25) is 4.90 Å². The van der Waals surface area contributed by atoms with Crippen molar-refractivity contribution in [3.05, 3.63) is 24.0 Å². The molecule has 5 heteroatoms. The second-order valence-corrected chi connectivity index (χ2v) is 5.26. The Hall–Kier alpha value is -1.62. The molecule has 4 nitrogen and oxygen atoms in total. The van der Waals surface area contributed by atoms with E-state index in [-0.39, 0.29) is 5.82 Å². The zero-order chi connectivity index (χ0) is 13.4. The third-order valence-corrected chi connectivity index (χ3v) is 3.76. The monoisotopic (exact) mass is 263 g/mol. The standard InChI is InChI=1S/C14H18FN3O/c1-10(2)17-5-7-18(8-6-17)14-12-4-3-11(15)9-13(12)19-16-14/h3-4,9-10H,5-8H2,1-2H3. The van der Waals surface area contributed by atoms with E-state index in [2.05, 4.69) is 28.8 Å². The van der Waals surface area contributed by atoms with E-state index in [0.29, 0.717) is 11.6 Å². The van der Waals surface area contributed by atoms with E-state index in [1.165, 1.54) is 12.1 Å². The zero-order valence-corrected chi connectivity index (χ0v) is 11.3. The van der Waals surface area contributed by atoms with Crippen LogP contribution in [-0.4, -0.2) is 42.3 Å². The summed E-state index contributed by atoms with van der Waals surface area (Å²) in [5.74, 6) is 0.540. The summed E-state index contributed by atoms with van der Waals surface area (Å²) in [5.41, 5.74) is 0.515. The highest BCUT2D eigenvalue weighted by Crippen LogP contribution is 2.27. The maximum Gasteiger partial charge on any atom is 0.180 e. The quantitative estimate of drug-likeness (QED) is 0.833.